The second-order valence-corrected chi connectivity index (χ2v) is 8.81. The summed E-state index contributed by atoms with van der Waals surface area (Å²) in [7, 11) is 0. The average molecular weight is 467 g/mol. The largest absolute Gasteiger partial charge is 0.481 e. The minimum absolute atomic E-state index is 0.0553. The molecule has 1 saturated carbocycles. The van der Waals surface area contributed by atoms with E-state index < -0.39 is 30.4 Å². The van der Waals surface area contributed by atoms with E-state index in [1.807, 2.05) is 48.5 Å². The Labute approximate surface area is 198 Å². The van der Waals surface area contributed by atoms with Gasteiger partial charge in [0.2, 0.25) is 5.91 Å². The molecule has 8 nitrogen and oxygen atoms in total. The van der Waals surface area contributed by atoms with Crippen LogP contribution >= 0.6 is 0 Å². The van der Waals surface area contributed by atoms with Gasteiger partial charge < -0.3 is 25.2 Å². The van der Waals surface area contributed by atoms with Crippen molar-refractivity contribution in [3.8, 4) is 11.1 Å². The van der Waals surface area contributed by atoms with Gasteiger partial charge in [-0.1, -0.05) is 61.4 Å². The zero-order valence-electron chi connectivity index (χ0n) is 19.0. The van der Waals surface area contributed by atoms with E-state index in [-0.39, 0.29) is 31.7 Å². The second-order valence-electron chi connectivity index (χ2n) is 8.81. The number of carboxylic acids is 1. The molecule has 0 saturated heterocycles. The highest BCUT2D eigenvalue weighted by Crippen LogP contribution is 2.44. The Kier molecular flexibility index (Phi) is 7.47. The molecule has 2 aromatic rings. The van der Waals surface area contributed by atoms with E-state index in [0.717, 1.165) is 47.9 Å². The molecule has 180 valence electrons. The van der Waals surface area contributed by atoms with Crippen LogP contribution in [-0.2, 0) is 14.3 Å². The maximum Gasteiger partial charge on any atom is 0.407 e. The van der Waals surface area contributed by atoms with Gasteiger partial charge in [-0.2, -0.15) is 0 Å². The lowest BCUT2D eigenvalue weighted by Crippen LogP contribution is -2.53. The number of alkyl carbamates (subject to hydrolysis) is 1. The van der Waals surface area contributed by atoms with Crippen LogP contribution in [0, 0.1) is 0 Å². The van der Waals surface area contributed by atoms with Crippen molar-refractivity contribution in [3.05, 3.63) is 59.7 Å². The first-order valence-electron chi connectivity index (χ1n) is 11.7. The molecule has 0 aliphatic heterocycles. The van der Waals surface area contributed by atoms with E-state index in [1.54, 1.807) is 0 Å². The molecule has 0 bridgehead atoms. The number of amides is 2. The molecule has 0 radical (unpaired) electrons. The lowest BCUT2D eigenvalue weighted by atomic mass is 9.98. The van der Waals surface area contributed by atoms with E-state index in [9.17, 15) is 24.6 Å². The Balaban J connectivity index is 1.44. The number of nitrogens with zero attached hydrogens (tertiary/aromatic N) is 1. The fourth-order valence-corrected chi connectivity index (χ4v) is 5.15. The van der Waals surface area contributed by atoms with Crippen LogP contribution < -0.4 is 5.32 Å². The predicted molar refractivity (Wildman–Crippen MR) is 125 cm³/mol. The summed E-state index contributed by atoms with van der Waals surface area (Å²) >= 11 is 0. The molecular formula is C26H30N2O6. The first-order valence-corrected chi connectivity index (χ1v) is 11.7. The van der Waals surface area contributed by atoms with Gasteiger partial charge in [0, 0.05) is 18.5 Å². The molecule has 0 aromatic heterocycles. The Morgan fingerprint density at radius 2 is 1.59 bits per heavy atom. The van der Waals surface area contributed by atoms with Crippen LogP contribution in [0.5, 0.6) is 0 Å². The summed E-state index contributed by atoms with van der Waals surface area (Å²) < 4.78 is 5.50. The van der Waals surface area contributed by atoms with Gasteiger partial charge in [-0.3, -0.25) is 9.59 Å². The second kappa shape index (κ2) is 10.7. The summed E-state index contributed by atoms with van der Waals surface area (Å²) in [5.41, 5.74) is 4.32. The summed E-state index contributed by atoms with van der Waals surface area (Å²) in [6.07, 6.45) is 2.16. The van der Waals surface area contributed by atoms with Gasteiger partial charge in [0.25, 0.3) is 0 Å². The third-order valence-corrected chi connectivity index (χ3v) is 6.70. The number of hydrogen-bond acceptors (Lipinski definition) is 5. The molecule has 0 heterocycles. The van der Waals surface area contributed by atoms with Crippen molar-refractivity contribution >= 4 is 18.0 Å². The van der Waals surface area contributed by atoms with Crippen LogP contribution in [0.15, 0.2) is 48.5 Å². The normalized spacial score (nSPS) is 15.9. The van der Waals surface area contributed by atoms with E-state index in [4.69, 9.17) is 4.74 Å². The van der Waals surface area contributed by atoms with Gasteiger partial charge in [-0.25, -0.2) is 4.79 Å². The Morgan fingerprint density at radius 3 is 2.15 bits per heavy atom. The summed E-state index contributed by atoms with van der Waals surface area (Å²) in [6, 6.07) is 14.6. The summed E-state index contributed by atoms with van der Waals surface area (Å²) in [4.78, 5) is 38.8. The molecule has 2 aliphatic rings. The SMILES string of the molecule is O=C(O)CC(NC(=O)OCC1c2ccccc2-c2ccccc21)C(=O)N(CCO)C1CCCC1. The number of rotatable bonds is 9. The Hall–Kier alpha value is -3.39. The van der Waals surface area contributed by atoms with E-state index in [1.165, 1.54) is 4.90 Å². The highest BCUT2D eigenvalue weighted by Gasteiger charge is 2.34. The molecule has 8 heteroatoms. The molecule has 34 heavy (non-hydrogen) atoms. The topological polar surface area (TPSA) is 116 Å². The zero-order valence-corrected chi connectivity index (χ0v) is 19.0. The molecular weight excluding hydrogens is 436 g/mol. The predicted octanol–water partition coefficient (Wildman–Crippen LogP) is 3.13. The van der Waals surface area contributed by atoms with Crippen molar-refractivity contribution in [2.75, 3.05) is 19.8 Å². The van der Waals surface area contributed by atoms with Crippen LogP contribution in [0.2, 0.25) is 0 Å². The number of hydrogen-bond donors (Lipinski definition) is 3. The first-order chi connectivity index (χ1) is 16.5. The van der Waals surface area contributed by atoms with Crippen molar-refractivity contribution in [3.63, 3.8) is 0 Å². The minimum Gasteiger partial charge on any atom is -0.481 e. The molecule has 2 amide bonds. The van der Waals surface area contributed by atoms with Crippen LogP contribution in [0.1, 0.15) is 49.1 Å². The summed E-state index contributed by atoms with van der Waals surface area (Å²) in [6.45, 7) is -0.0597. The molecule has 4 rings (SSSR count). The standard InChI is InChI=1S/C26H30N2O6/c29-14-13-28(17-7-1-2-8-17)25(32)23(15-24(30)31)27-26(33)34-16-22-20-11-5-3-9-18(20)19-10-4-6-12-21(19)22/h3-6,9-12,17,22-23,29H,1-2,7-8,13-16H2,(H,27,33)(H,30,31). The number of ether oxygens (including phenoxy) is 1. The molecule has 2 aliphatic carbocycles. The smallest absolute Gasteiger partial charge is 0.407 e. The van der Waals surface area contributed by atoms with Crippen molar-refractivity contribution in [1.82, 2.24) is 10.2 Å². The fourth-order valence-electron chi connectivity index (χ4n) is 5.15. The van der Waals surface area contributed by atoms with Crippen molar-refractivity contribution in [2.24, 2.45) is 0 Å². The maximum absolute atomic E-state index is 13.2. The molecule has 3 N–H and O–H groups in total. The molecule has 0 spiro atoms. The Morgan fingerprint density at radius 1 is 1.00 bits per heavy atom. The number of carboxylic acid groups (broad SMARTS) is 1. The van der Waals surface area contributed by atoms with Crippen LogP contribution in [-0.4, -0.2) is 64.9 Å². The Bertz CT molecular complexity index is 1000. The van der Waals surface area contributed by atoms with Crippen molar-refractivity contribution in [1.29, 1.82) is 0 Å². The highest BCUT2D eigenvalue weighted by atomic mass is 16.5. The third-order valence-electron chi connectivity index (χ3n) is 6.70. The van der Waals surface area contributed by atoms with Gasteiger partial charge in [0.05, 0.1) is 13.0 Å². The lowest BCUT2D eigenvalue weighted by molar-refractivity contribution is -0.143. The molecule has 1 atom stereocenters. The number of aliphatic hydroxyl groups is 1. The molecule has 1 fully saturated rings. The van der Waals surface area contributed by atoms with Gasteiger partial charge in [0.15, 0.2) is 0 Å². The molecule has 1 unspecified atom stereocenters. The van der Waals surface area contributed by atoms with Crippen molar-refractivity contribution < 1.29 is 29.3 Å². The fraction of sp³-hybridized carbons (Fsp3) is 0.423. The van der Waals surface area contributed by atoms with E-state index in [0.29, 0.717) is 0 Å². The maximum atomic E-state index is 13.2. The highest BCUT2D eigenvalue weighted by molar-refractivity contribution is 5.89. The monoisotopic (exact) mass is 466 g/mol. The summed E-state index contributed by atoms with van der Waals surface area (Å²) in [5.74, 6) is -1.85. The number of aliphatic hydroxyl groups excluding tert-OH is 1. The van der Waals surface area contributed by atoms with Gasteiger partial charge in [-0.15, -0.1) is 0 Å². The van der Waals surface area contributed by atoms with Crippen LogP contribution in [0.3, 0.4) is 0 Å². The zero-order chi connectivity index (χ0) is 24.1. The number of fused-ring (bicyclic) bond motifs is 3. The minimum atomic E-state index is -1.26. The third kappa shape index (κ3) is 5.07. The van der Waals surface area contributed by atoms with E-state index >= 15 is 0 Å². The molecule has 2 aromatic carbocycles. The number of aliphatic carboxylic acids is 1. The van der Waals surface area contributed by atoms with E-state index in [2.05, 4.69) is 5.32 Å². The number of carbonyl (C=O) groups excluding carboxylic acids is 2. The lowest BCUT2D eigenvalue weighted by Gasteiger charge is -2.31. The number of nitrogens with one attached hydrogen (secondary N) is 1. The average Bonchev–Trinajstić information content (AvgIpc) is 3.47. The van der Waals surface area contributed by atoms with Crippen LogP contribution in [0.25, 0.3) is 11.1 Å². The van der Waals surface area contributed by atoms with Crippen molar-refractivity contribution in [2.45, 2.75) is 50.1 Å². The van der Waals surface area contributed by atoms with Gasteiger partial charge >= 0.3 is 12.1 Å². The quantitative estimate of drug-likeness (QED) is 0.523. The number of carbonyl (C=O) groups is 3. The summed E-state index contributed by atoms with van der Waals surface area (Å²) in [5, 5.41) is 21.2. The number of benzene rings is 2. The van der Waals surface area contributed by atoms with Gasteiger partial charge in [0.1, 0.15) is 12.6 Å². The van der Waals surface area contributed by atoms with Gasteiger partial charge in [-0.05, 0) is 35.1 Å². The van der Waals surface area contributed by atoms with Crippen LogP contribution in [0.4, 0.5) is 4.79 Å². The first kappa shape index (κ1) is 23.8.